The molecular formula is C21H28N4O. The third-order valence-electron chi connectivity index (χ3n) is 5.23. The van der Waals surface area contributed by atoms with E-state index in [-0.39, 0.29) is 5.91 Å². The second-order valence-electron chi connectivity index (χ2n) is 7.09. The van der Waals surface area contributed by atoms with Crippen molar-refractivity contribution in [1.29, 1.82) is 0 Å². The van der Waals surface area contributed by atoms with Gasteiger partial charge in [-0.05, 0) is 43.5 Å². The fourth-order valence-electron chi connectivity index (χ4n) is 3.54. The van der Waals surface area contributed by atoms with Crippen LogP contribution in [0.25, 0.3) is 0 Å². The number of aromatic nitrogens is 1. The van der Waals surface area contributed by atoms with Crippen molar-refractivity contribution in [2.24, 2.45) is 0 Å². The molecule has 1 aliphatic heterocycles. The zero-order valence-corrected chi connectivity index (χ0v) is 15.9. The fraction of sp³-hybridized carbons (Fsp3) is 0.429. The predicted octanol–water partition coefficient (Wildman–Crippen LogP) is 3.02. The van der Waals surface area contributed by atoms with Crippen molar-refractivity contribution in [2.45, 2.75) is 26.8 Å². The van der Waals surface area contributed by atoms with E-state index in [9.17, 15) is 4.79 Å². The first kappa shape index (κ1) is 18.5. The molecule has 1 amide bonds. The highest BCUT2D eigenvalue weighted by atomic mass is 16.2. The van der Waals surface area contributed by atoms with E-state index in [1.54, 1.807) is 0 Å². The van der Waals surface area contributed by atoms with E-state index >= 15 is 0 Å². The zero-order chi connectivity index (χ0) is 18.5. The van der Waals surface area contributed by atoms with Crippen LogP contribution in [0.3, 0.4) is 0 Å². The molecule has 1 unspecified atom stereocenters. The number of piperazine rings is 1. The lowest BCUT2D eigenvalue weighted by Crippen LogP contribution is -2.49. The minimum atomic E-state index is 0.0659. The maximum Gasteiger partial charge on any atom is 0.238 e. The normalized spacial score (nSPS) is 17.0. The van der Waals surface area contributed by atoms with Gasteiger partial charge in [0.25, 0.3) is 0 Å². The van der Waals surface area contributed by atoms with Crippen LogP contribution < -0.4 is 5.32 Å². The summed E-state index contributed by atoms with van der Waals surface area (Å²) in [6, 6.07) is 10.5. The number of para-hydroxylation sites is 1. The number of nitrogens with one attached hydrogen (secondary N) is 1. The van der Waals surface area contributed by atoms with Gasteiger partial charge in [0.15, 0.2) is 0 Å². The van der Waals surface area contributed by atoms with Gasteiger partial charge in [0.05, 0.1) is 6.54 Å². The van der Waals surface area contributed by atoms with Crippen molar-refractivity contribution in [3.63, 3.8) is 0 Å². The maximum atomic E-state index is 12.4. The molecule has 1 saturated heterocycles. The summed E-state index contributed by atoms with van der Waals surface area (Å²) < 4.78 is 0. The fourth-order valence-corrected chi connectivity index (χ4v) is 3.54. The van der Waals surface area contributed by atoms with E-state index in [0.29, 0.717) is 12.6 Å². The third kappa shape index (κ3) is 4.48. The molecule has 138 valence electrons. The number of carbonyl (C=O) groups excluding carboxylic acids is 1. The summed E-state index contributed by atoms with van der Waals surface area (Å²) >= 11 is 0. The van der Waals surface area contributed by atoms with Crippen LogP contribution in [0.4, 0.5) is 5.69 Å². The average molecular weight is 352 g/mol. The number of hydrogen-bond acceptors (Lipinski definition) is 4. The van der Waals surface area contributed by atoms with Crippen LogP contribution >= 0.6 is 0 Å². The first-order chi connectivity index (χ1) is 12.5. The molecule has 1 aromatic heterocycles. The molecule has 3 rings (SSSR count). The van der Waals surface area contributed by atoms with Gasteiger partial charge in [-0.3, -0.25) is 19.6 Å². The summed E-state index contributed by atoms with van der Waals surface area (Å²) in [4.78, 5) is 21.4. The minimum Gasteiger partial charge on any atom is -0.324 e. The van der Waals surface area contributed by atoms with Crippen LogP contribution in [0.5, 0.6) is 0 Å². The number of amides is 1. The Kier molecular flexibility index (Phi) is 6.01. The molecule has 2 aromatic rings. The third-order valence-corrected chi connectivity index (χ3v) is 5.23. The highest BCUT2D eigenvalue weighted by Gasteiger charge is 2.23. The molecule has 26 heavy (non-hydrogen) atoms. The number of hydrogen-bond donors (Lipinski definition) is 1. The van der Waals surface area contributed by atoms with Gasteiger partial charge in [0.2, 0.25) is 5.91 Å². The zero-order valence-electron chi connectivity index (χ0n) is 15.9. The van der Waals surface area contributed by atoms with E-state index in [1.165, 1.54) is 5.56 Å². The number of rotatable bonds is 5. The van der Waals surface area contributed by atoms with Crippen LogP contribution in [0.1, 0.15) is 29.7 Å². The van der Waals surface area contributed by atoms with Crippen LogP contribution in [0.15, 0.2) is 42.7 Å². The number of anilines is 1. The molecule has 1 aromatic carbocycles. The summed E-state index contributed by atoms with van der Waals surface area (Å²) in [5.74, 6) is 0.0659. The van der Waals surface area contributed by atoms with Crippen molar-refractivity contribution in [2.75, 3.05) is 38.0 Å². The molecule has 1 atom stereocenters. The van der Waals surface area contributed by atoms with Crippen molar-refractivity contribution in [3.8, 4) is 0 Å². The Balaban J connectivity index is 1.50. The molecule has 2 heterocycles. The van der Waals surface area contributed by atoms with Crippen molar-refractivity contribution in [3.05, 3.63) is 59.4 Å². The largest absolute Gasteiger partial charge is 0.324 e. The molecule has 0 bridgehead atoms. The van der Waals surface area contributed by atoms with Crippen LogP contribution in [-0.4, -0.2) is 53.4 Å². The quantitative estimate of drug-likeness (QED) is 0.899. The summed E-state index contributed by atoms with van der Waals surface area (Å²) in [5.41, 5.74) is 4.40. The Bertz CT molecular complexity index is 719. The Hall–Kier alpha value is -2.24. The molecular weight excluding hydrogens is 324 g/mol. The van der Waals surface area contributed by atoms with Crippen molar-refractivity contribution < 1.29 is 4.79 Å². The van der Waals surface area contributed by atoms with E-state index in [2.05, 4.69) is 33.1 Å². The van der Waals surface area contributed by atoms with Crippen LogP contribution in [0.2, 0.25) is 0 Å². The molecule has 0 saturated carbocycles. The van der Waals surface area contributed by atoms with E-state index in [1.807, 2.05) is 50.5 Å². The predicted molar refractivity (Wildman–Crippen MR) is 105 cm³/mol. The number of aryl methyl sites for hydroxylation is 2. The Morgan fingerprint density at radius 2 is 1.81 bits per heavy atom. The minimum absolute atomic E-state index is 0.0659. The lowest BCUT2D eigenvalue weighted by Gasteiger charge is -2.37. The maximum absolute atomic E-state index is 12.4. The number of carbonyl (C=O) groups is 1. The summed E-state index contributed by atoms with van der Waals surface area (Å²) in [6.45, 7) is 10.5. The van der Waals surface area contributed by atoms with Gasteiger partial charge in [0.1, 0.15) is 0 Å². The number of nitrogens with zero attached hydrogens (tertiary/aromatic N) is 3. The van der Waals surface area contributed by atoms with E-state index < -0.39 is 0 Å². The number of benzene rings is 1. The van der Waals surface area contributed by atoms with Gasteiger partial charge < -0.3 is 5.32 Å². The number of pyridine rings is 1. The van der Waals surface area contributed by atoms with Crippen LogP contribution in [-0.2, 0) is 4.79 Å². The summed E-state index contributed by atoms with van der Waals surface area (Å²) in [5, 5.41) is 3.08. The first-order valence-corrected chi connectivity index (χ1v) is 9.27. The Labute approximate surface area is 156 Å². The smallest absolute Gasteiger partial charge is 0.238 e. The van der Waals surface area contributed by atoms with E-state index in [4.69, 9.17) is 0 Å². The molecule has 5 nitrogen and oxygen atoms in total. The van der Waals surface area contributed by atoms with Gasteiger partial charge in [-0.1, -0.05) is 24.3 Å². The Morgan fingerprint density at radius 1 is 1.12 bits per heavy atom. The van der Waals surface area contributed by atoms with Gasteiger partial charge in [-0.25, -0.2) is 0 Å². The molecule has 0 aliphatic carbocycles. The molecule has 0 radical (unpaired) electrons. The lowest BCUT2D eigenvalue weighted by atomic mass is 10.1. The van der Waals surface area contributed by atoms with Gasteiger partial charge in [-0.15, -0.1) is 0 Å². The second kappa shape index (κ2) is 8.43. The SMILES string of the molecule is Cc1cccc(C)c1NC(=O)CN1CCN(C(C)c2cccnc2)CC1. The molecule has 0 spiro atoms. The van der Waals surface area contributed by atoms with Gasteiger partial charge in [-0.2, -0.15) is 0 Å². The summed E-state index contributed by atoms with van der Waals surface area (Å²) in [7, 11) is 0. The molecule has 1 aliphatic rings. The van der Waals surface area contributed by atoms with Crippen molar-refractivity contribution in [1.82, 2.24) is 14.8 Å². The highest BCUT2D eigenvalue weighted by molar-refractivity contribution is 5.93. The van der Waals surface area contributed by atoms with Crippen LogP contribution in [0, 0.1) is 13.8 Å². The van der Waals surface area contributed by atoms with Crippen molar-refractivity contribution >= 4 is 11.6 Å². The van der Waals surface area contributed by atoms with E-state index in [0.717, 1.165) is 43.0 Å². The molecule has 1 fully saturated rings. The monoisotopic (exact) mass is 352 g/mol. The van der Waals surface area contributed by atoms with Gasteiger partial charge >= 0.3 is 0 Å². The standard InChI is InChI=1S/C21H28N4O/c1-16-6-4-7-17(2)21(16)23-20(26)15-24-10-12-25(13-11-24)18(3)19-8-5-9-22-14-19/h4-9,14,18H,10-13,15H2,1-3H3,(H,23,26). The molecule has 5 heteroatoms. The average Bonchev–Trinajstić information content (AvgIpc) is 2.66. The molecule has 1 N–H and O–H groups in total. The first-order valence-electron chi connectivity index (χ1n) is 9.27. The highest BCUT2D eigenvalue weighted by Crippen LogP contribution is 2.21. The van der Waals surface area contributed by atoms with Gasteiger partial charge in [0, 0.05) is 50.3 Å². The second-order valence-corrected chi connectivity index (χ2v) is 7.09. The topological polar surface area (TPSA) is 48.5 Å². The summed E-state index contributed by atoms with van der Waals surface area (Å²) in [6.07, 6.45) is 3.75. The Morgan fingerprint density at radius 3 is 2.42 bits per heavy atom. The lowest BCUT2D eigenvalue weighted by molar-refractivity contribution is -0.117.